The van der Waals surface area contributed by atoms with Crippen LogP contribution in [-0.2, 0) is 6.54 Å². The summed E-state index contributed by atoms with van der Waals surface area (Å²) >= 11 is 0. The van der Waals surface area contributed by atoms with E-state index in [1.807, 2.05) is 6.07 Å². The topological polar surface area (TPSA) is 15.3 Å². The summed E-state index contributed by atoms with van der Waals surface area (Å²) in [5, 5.41) is 3.36. The molecule has 1 aromatic carbocycles. The molecule has 0 bridgehead atoms. The van der Waals surface area contributed by atoms with Crippen LogP contribution in [0.2, 0.25) is 0 Å². The van der Waals surface area contributed by atoms with Crippen LogP contribution in [0.5, 0.6) is 0 Å². The zero-order chi connectivity index (χ0) is 14.8. The molecule has 0 unspecified atom stereocenters. The standard InChI is InChI=1S/C17H27FN2/c1-13(2)10-19-11-14-15(18)6-5-7-16(14)20-9-8-17(3,4)12-20/h5-7,13,19H,8-12H2,1-4H3. The first-order chi connectivity index (χ1) is 9.39. The molecule has 1 aliphatic heterocycles. The summed E-state index contributed by atoms with van der Waals surface area (Å²) in [6, 6.07) is 5.44. The summed E-state index contributed by atoms with van der Waals surface area (Å²) in [4.78, 5) is 2.33. The molecule has 0 aromatic heterocycles. The molecule has 0 saturated carbocycles. The molecule has 0 amide bonds. The Hall–Kier alpha value is -1.09. The van der Waals surface area contributed by atoms with Crippen LogP contribution in [0.4, 0.5) is 10.1 Å². The average molecular weight is 278 g/mol. The summed E-state index contributed by atoms with van der Waals surface area (Å²) < 4.78 is 14.2. The molecule has 0 atom stereocenters. The van der Waals surface area contributed by atoms with E-state index < -0.39 is 0 Å². The Morgan fingerprint density at radius 3 is 2.70 bits per heavy atom. The van der Waals surface area contributed by atoms with Crippen LogP contribution >= 0.6 is 0 Å². The fourth-order valence-electron chi connectivity index (χ4n) is 2.82. The Morgan fingerprint density at radius 1 is 1.35 bits per heavy atom. The van der Waals surface area contributed by atoms with Gasteiger partial charge >= 0.3 is 0 Å². The van der Waals surface area contributed by atoms with E-state index in [1.54, 1.807) is 6.07 Å². The van der Waals surface area contributed by atoms with E-state index >= 15 is 0 Å². The van der Waals surface area contributed by atoms with Crippen molar-refractivity contribution < 1.29 is 4.39 Å². The molecule has 3 heteroatoms. The van der Waals surface area contributed by atoms with Crippen LogP contribution < -0.4 is 10.2 Å². The lowest BCUT2D eigenvalue weighted by molar-refractivity contribution is 0.418. The molecule has 1 saturated heterocycles. The maximum atomic E-state index is 14.2. The molecule has 2 nitrogen and oxygen atoms in total. The van der Waals surface area contributed by atoms with E-state index in [2.05, 4.69) is 44.0 Å². The Morgan fingerprint density at radius 2 is 2.10 bits per heavy atom. The number of nitrogens with zero attached hydrogens (tertiary/aromatic N) is 1. The first-order valence-electron chi connectivity index (χ1n) is 7.62. The third-order valence-corrected chi connectivity index (χ3v) is 3.97. The fraction of sp³-hybridized carbons (Fsp3) is 0.647. The molecular weight excluding hydrogens is 251 g/mol. The van der Waals surface area contributed by atoms with Crippen LogP contribution in [0.3, 0.4) is 0 Å². The van der Waals surface area contributed by atoms with Gasteiger partial charge in [-0.15, -0.1) is 0 Å². The van der Waals surface area contributed by atoms with Gasteiger partial charge in [-0.1, -0.05) is 33.8 Å². The van der Waals surface area contributed by atoms with Crippen molar-refractivity contribution in [3.8, 4) is 0 Å². The van der Waals surface area contributed by atoms with Crippen LogP contribution in [0.15, 0.2) is 18.2 Å². The van der Waals surface area contributed by atoms with Crippen LogP contribution in [0.25, 0.3) is 0 Å². The van der Waals surface area contributed by atoms with Gasteiger partial charge in [0.15, 0.2) is 0 Å². The minimum atomic E-state index is -0.0940. The summed E-state index contributed by atoms with van der Waals surface area (Å²) in [6.07, 6.45) is 1.17. The van der Waals surface area contributed by atoms with Gasteiger partial charge in [0.05, 0.1) is 0 Å². The van der Waals surface area contributed by atoms with Crippen LogP contribution in [-0.4, -0.2) is 19.6 Å². The van der Waals surface area contributed by atoms with Gasteiger partial charge in [-0.2, -0.15) is 0 Å². The molecule has 1 heterocycles. The van der Waals surface area contributed by atoms with Crippen LogP contribution in [0, 0.1) is 17.2 Å². The second-order valence-corrected chi connectivity index (χ2v) is 7.10. The Labute approximate surface area is 122 Å². The van der Waals surface area contributed by atoms with Gasteiger partial charge in [-0.3, -0.25) is 0 Å². The van der Waals surface area contributed by atoms with Gasteiger partial charge in [-0.25, -0.2) is 4.39 Å². The highest BCUT2D eigenvalue weighted by Crippen LogP contribution is 2.34. The van der Waals surface area contributed by atoms with E-state index in [1.165, 1.54) is 6.42 Å². The van der Waals surface area contributed by atoms with Gasteiger partial charge in [0.2, 0.25) is 0 Å². The van der Waals surface area contributed by atoms with Crippen molar-refractivity contribution >= 4 is 5.69 Å². The van der Waals surface area contributed by atoms with Gasteiger partial charge in [0, 0.05) is 30.9 Å². The monoisotopic (exact) mass is 278 g/mol. The van der Waals surface area contributed by atoms with Crippen LogP contribution in [0.1, 0.15) is 39.7 Å². The predicted molar refractivity (Wildman–Crippen MR) is 83.6 cm³/mol. The molecule has 1 aliphatic rings. The highest BCUT2D eigenvalue weighted by Gasteiger charge is 2.30. The minimum absolute atomic E-state index is 0.0940. The van der Waals surface area contributed by atoms with Crippen molar-refractivity contribution in [1.29, 1.82) is 0 Å². The highest BCUT2D eigenvalue weighted by atomic mass is 19.1. The van der Waals surface area contributed by atoms with Crippen molar-refractivity contribution in [2.24, 2.45) is 11.3 Å². The molecule has 0 radical (unpaired) electrons. The molecule has 20 heavy (non-hydrogen) atoms. The van der Waals surface area contributed by atoms with Gasteiger partial charge in [-0.05, 0) is 36.4 Å². The van der Waals surface area contributed by atoms with Gasteiger partial charge in [0.1, 0.15) is 5.82 Å². The molecule has 0 spiro atoms. The number of nitrogens with one attached hydrogen (secondary N) is 1. The third kappa shape index (κ3) is 3.72. The summed E-state index contributed by atoms with van der Waals surface area (Å²) in [7, 11) is 0. The zero-order valence-corrected chi connectivity index (χ0v) is 13.2. The van der Waals surface area contributed by atoms with E-state index in [4.69, 9.17) is 0 Å². The van der Waals surface area contributed by atoms with Crippen molar-refractivity contribution in [1.82, 2.24) is 5.32 Å². The average Bonchev–Trinajstić information content (AvgIpc) is 2.71. The number of hydrogen-bond acceptors (Lipinski definition) is 2. The lowest BCUT2D eigenvalue weighted by Gasteiger charge is -2.24. The Balaban J connectivity index is 2.14. The van der Waals surface area contributed by atoms with E-state index in [0.717, 1.165) is 30.9 Å². The Bertz CT molecular complexity index is 454. The van der Waals surface area contributed by atoms with E-state index in [0.29, 0.717) is 17.9 Å². The fourth-order valence-corrected chi connectivity index (χ4v) is 2.82. The number of anilines is 1. The first kappa shape index (κ1) is 15.3. The second-order valence-electron chi connectivity index (χ2n) is 7.10. The smallest absolute Gasteiger partial charge is 0.129 e. The maximum absolute atomic E-state index is 14.2. The van der Waals surface area contributed by atoms with E-state index in [9.17, 15) is 4.39 Å². The summed E-state index contributed by atoms with van der Waals surface area (Å²) in [5.74, 6) is 0.486. The van der Waals surface area contributed by atoms with Gasteiger partial charge < -0.3 is 10.2 Å². The summed E-state index contributed by atoms with van der Waals surface area (Å²) in [5.41, 5.74) is 2.20. The quantitative estimate of drug-likeness (QED) is 0.881. The van der Waals surface area contributed by atoms with Crippen molar-refractivity contribution in [3.63, 3.8) is 0 Å². The lowest BCUT2D eigenvalue weighted by Crippen LogP contribution is -2.26. The molecular formula is C17H27FN2. The SMILES string of the molecule is CC(C)CNCc1c(F)cccc1N1CCC(C)(C)C1. The molecule has 1 aromatic rings. The number of benzene rings is 1. The van der Waals surface area contributed by atoms with Crippen molar-refractivity contribution in [2.45, 2.75) is 40.7 Å². The molecule has 112 valence electrons. The number of rotatable bonds is 5. The minimum Gasteiger partial charge on any atom is -0.371 e. The largest absolute Gasteiger partial charge is 0.371 e. The molecule has 0 aliphatic carbocycles. The van der Waals surface area contributed by atoms with Crippen molar-refractivity contribution in [2.75, 3.05) is 24.5 Å². The van der Waals surface area contributed by atoms with Crippen molar-refractivity contribution in [3.05, 3.63) is 29.6 Å². The molecule has 2 rings (SSSR count). The zero-order valence-electron chi connectivity index (χ0n) is 13.2. The Kier molecular flexibility index (Phi) is 4.69. The highest BCUT2D eigenvalue weighted by molar-refractivity contribution is 5.55. The number of hydrogen-bond donors (Lipinski definition) is 1. The number of halogens is 1. The first-order valence-corrected chi connectivity index (χ1v) is 7.62. The molecule has 1 fully saturated rings. The maximum Gasteiger partial charge on any atom is 0.129 e. The normalized spacial score (nSPS) is 18.0. The second kappa shape index (κ2) is 6.13. The van der Waals surface area contributed by atoms with E-state index in [-0.39, 0.29) is 5.82 Å². The molecule has 1 N–H and O–H groups in total. The third-order valence-electron chi connectivity index (χ3n) is 3.97. The lowest BCUT2D eigenvalue weighted by atomic mass is 9.93. The summed E-state index contributed by atoms with van der Waals surface area (Å²) in [6.45, 7) is 12.4. The predicted octanol–water partition coefficient (Wildman–Crippen LogP) is 3.81. The van der Waals surface area contributed by atoms with Gasteiger partial charge in [0.25, 0.3) is 0 Å².